The molecule has 2 aliphatic carbocycles. The van der Waals surface area contributed by atoms with Crippen molar-refractivity contribution >= 4 is 17.6 Å². The molecule has 5 heteroatoms. The molecule has 1 aromatic rings. The van der Waals surface area contributed by atoms with E-state index < -0.39 is 0 Å². The van der Waals surface area contributed by atoms with Gasteiger partial charge in [0.2, 0.25) is 5.95 Å². The molecule has 5 nitrogen and oxygen atoms in total. The van der Waals surface area contributed by atoms with Gasteiger partial charge in [-0.2, -0.15) is 9.97 Å². The number of nitrogen functional groups attached to an aromatic ring is 1. The summed E-state index contributed by atoms with van der Waals surface area (Å²) in [5.74, 6) is 2.76. The van der Waals surface area contributed by atoms with Gasteiger partial charge >= 0.3 is 0 Å². The smallest absolute Gasteiger partial charge is 0.223 e. The Morgan fingerprint density at radius 2 is 2.00 bits per heavy atom. The van der Waals surface area contributed by atoms with Gasteiger partial charge in [0.1, 0.15) is 11.6 Å². The van der Waals surface area contributed by atoms with E-state index in [0.717, 1.165) is 24.1 Å². The summed E-state index contributed by atoms with van der Waals surface area (Å²) in [6.07, 6.45) is 3.98. The van der Waals surface area contributed by atoms with Crippen LogP contribution in [0.25, 0.3) is 0 Å². The standard InChI is InChI=1S/C16H27N5/c1-5-18-11-8-12(21-14(17)20-11)19-13-15(2,3)10-6-7-16(13,4)9-10/h8,10,13H,5-7,9H2,1-4H3,(H4,17,18,19,20,21). The summed E-state index contributed by atoms with van der Waals surface area (Å²) < 4.78 is 0. The van der Waals surface area contributed by atoms with Crippen molar-refractivity contribution in [2.45, 2.75) is 53.0 Å². The normalized spacial score (nSPS) is 33.1. The van der Waals surface area contributed by atoms with E-state index in [2.05, 4.69) is 41.4 Å². The maximum atomic E-state index is 5.84. The number of hydrogen-bond acceptors (Lipinski definition) is 5. The minimum absolute atomic E-state index is 0.297. The monoisotopic (exact) mass is 289 g/mol. The predicted molar refractivity (Wildman–Crippen MR) is 87.2 cm³/mol. The molecule has 1 heterocycles. The first-order chi connectivity index (χ1) is 9.85. The van der Waals surface area contributed by atoms with Crippen LogP contribution in [-0.2, 0) is 0 Å². The molecule has 2 saturated carbocycles. The molecule has 2 aliphatic rings. The summed E-state index contributed by atoms with van der Waals surface area (Å²) >= 11 is 0. The first-order valence-corrected chi connectivity index (χ1v) is 8.00. The number of fused-ring (bicyclic) bond motifs is 2. The van der Waals surface area contributed by atoms with Gasteiger partial charge in [0, 0.05) is 18.7 Å². The minimum atomic E-state index is 0.297. The number of anilines is 3. The molecule has 0 aliphatic heterocycles. The highest BCUT2D eigenvalue weighted by molar-refractivity contribution is 5.52. The fraction of sp³-hybridized carbons (Fsp3) is 0.750. The van der Waals surface area contributed by atoms with Crippen LogP contribution in [0.4, 0.5) is 17.6 Å². The summed E-state index contributed by atoms with van der Waals surface area (Å²) in [4.78, 5) is 8.59. The number of rotatable bonds is 4. The summed E-state index contributed by atoms with van der Waals surface area (Å²) in [6.45, 7) is 10.1. The van der Waals surface area contributed by atoms with Crippen LogP contribution in [0.1, 0.15) is 47.0 Å². The van der Waals surface area contributed by atoms with E-state index in [1.165, 1.54) is 19.3 Å². The molecular weight excluding hydrogens is 262 g/mol. The number of hydrogen-bond donors (Lipinski definition) is 3. The van der Waals surface area contributed by atoms with Gasteiger partial charge in [-0.3, -0.25) is 0 Å². The Morgan fingerprint density at radius 3 is 2.62 bits per heavy atom. The molecule has 21 heavy (non-hydrogen) atoms. The fourth-order valence-corrected chi connectivity index (χ4v) is 4.62. The van der Waals surface area contributed by atoms with E-state index in [1.54, 1.807) is 0 Å². The van der Waals surface area contributed by atoms with E-state index in [0.29, 0.717) is 22.8 Å². The topological polar surface area (TPSA) is 75.9 Å². The van der Waals surface area contributed by atoms with Crippen LogP contribution < -0.4 is 16.4 Å². The Morgan fingerprint density at radius 1 is 1.29 bits per heavy atom. The Kier molecular flexibility index (Phi) is 3.26. The lowest BCUT2D eigenvalue weighted by atomic mass is 9.68. The molecule has 116 valence electrons. The van der Waals surface area contributed by atoms with Gasteiger partial charge in [-0.1, -0.05) is 20.8 Å². The lowest BCUT2D eigenvalue weighted by molar-refractivity contribution is 0.155. The maximum absolute atomic E-state index is 5.84. The second-order valence-corrected chi connectivity index (χ2v) is 7.52. The summed E-state index contributed by atoms with van der Waals surface area (Å²) in [7, 11) is 0. The molecular formula is C16H27N5. The lowest BCUT2D eigenvalue weighted by Gasteiger charge is -2.43. The third-order valence-corrected chi connectivity index (χ3v) is 5.66. The average Bonchev–Trinajstić information content (AvgIpc) is 2.86. The highest BCUT2D eigenvalue weighted by Crippen LogP contribution is 2.63. The molecule has 2 bridgehead atoms. The van der Waals surface area contributed by atoms with Crippen molar-refractivity contribution in [3.05, 3.63) is 6.07 Å². The average molecular weight is 289 g/mol. The second-order valence-electron chi connectivity index (χ2n) is 7.52. The van der Waals surface area contributed by atoms with Crippen LogP contribution in [0.15, 0.2) is 6.07 Å². The van der Waals surface area contributed by atoms with Crippen molar-refractivity contribution < 1.29 is 0 Å². The predicted octanol–water partition coefficient (Wildman–Crippen LogP) is 3.12. The first kappa shape index (κ1) is 14.4. The summed E-state index contributed by atoms with van der Waals surface area (Å²) in [5, 5.41) is 6.88. The van der Waals surface area contributed by atoms with Crippen molar-refractivity contribution in [2.75, 3.05) is 22.9 Å². The highest BCUT2D eigenvalue weighted by Gasteiger charge is 2.59. The quantitative estimate of drug-likeness (QED) is 0.794. The number of nitrogens with one attached hydrogen (secondary N) is 2. The largest absolute Gasteiger partial charge is 0.370 e. The van der Waals surface area contributed by atoms with Gasteiger partial charge in [-0.25, -0.2) is 0 Å². The minimum Gasteiger partial charge on any atom is -0.370 e. The van der Waals surface area contributed by atoms with Gasteiger partial charge in [0.25, 0.3) is 0 Å². The number of nitrogens with two attached hydrogens (primary N) is 1. The second kappa shape index (κ2) is 4.75. The van der Waals surface area contributed by atoms with Gasteiger partial charge < -0.3 is 16.4 Å². The van der Waals surface area contributed by atoms with Crippen molar-refractivity contribution in [3.63, 3.8) is 0 Å². The third-order valence-electron chi connectivity index (χ3n) is 5.66. The van der Waals surface area contributed by atoms with Crippen molar-refractivity contribution in [3.8, 4) is 0 Å². The van der Waals surface area contributed by atoms with Gasteiger partial charge in [-0.15, -0.1) is 0 Å². The molecule has 2 fully saturated rings. The fourth-order valence-electron chi connectivity index (χ4n) is 4.62. The van der Waals surface area contributed by atoms with E-state index in [1.807, 2.05) is 13.0 Å². The molecule has 1 aromatic heterocycles. The molecule has 0 radical (unpaired) electrons. The maximum Gasteiger partial charge on any atom is 0.223 e. The van der Waals surface area contributed by atoms with Crippen molar-refractivity contribution in [1.29, 1.82) is 0 Å². The number of nitrogens with zero attached hydrogens (tertiary/aromatic N) is 2. The lowest BCUT2D eigenvalue weighted by Crippen LogP contribution is -2.46. The van der Waals surface area contributed by atoms with Crippen molar-refractivity contribution in [1.82, 2.24) is 9.97 Å². The van der Waals surface area contributed by atoms with Crippen LogP contribution in [0.3, 0.4) is 0 Å². The highest BCUT2D eigenvalue weighted by atomic mass is 15.1. The van der Waals surface area contributed by atoms with Crippen LogP contribution in [0.5, 0.6) is 0 Å². The van der Waals surface area contributed by atoms with Crippen LogP contribution in [-0.4, -0.2) is 22.6 Å². The molecule has 0 amide bonds. The molecule has 3 rings (SSSR count). The number of aromatic nitrogens is 2. The summed E-state index contributed by atoms with van der Waals surface area (Å²) in [6, 6.07) is 2.40. The molecule has 3 unspecified atom stereocenters. The molecule has 0 saturated heterocycles. The Balaban J connectivity index is 1.86. The summed E-state index contributed by atoms with van der Waals surface area (Å²) in [5.41, 5.74) is 6.50. The van der Waals surface area contributed by atoms with Crippen LogP contribution in [0, 0.1) is 16.7 Å². The Hall–Kier alpha value is -1.52. The van der Waals surface area contributed by atoms with Gasteiger partial charge in [-0.05, 0) is 42.9 Å². The van der Waals surface area contributed by atoms with E-state index in [4.69, 9.17) is 5.73 Å². The Labute approximate surface area is 127 Å². The van der Waals surface area contributed by atoms with Crippen LogP contribution >= 0.6 is 0 Å². The zero-order valence-corrected chi connectivity index (χ0v) is 13.5. The third kappa shape index (κ3) is 2.32. The SMILES string of the molecule is CCNc1cc(NC2C3(C)CCC(C3)C2(C)C)nc(N)n1. The zero-order valence-electron chi connectivity index (χ0n) is 13.5. The van der Waals surface area contributed by atoms with E-state index in [9.17, 15) is 0 Å². The zero-order chi connectivity index (χ0) is 15.3. The van der Waals surface area contributed by atoms with Crippen LogP contribution in [0.2, 0.25) is 0 Å². The molecule has 0 spiro atoms. The molecule has 4 N–H and O–H groups in total. The van der Waals surface area contributed by atoms with E-state index >= 15 is 0 Å². The van der Waals surface area contributed by atoms with E-state index in [-0.39, 0.29) is 0 Å². The first-order valence-electron chi connectivity index (χ1n) is 8.00. The van der Waals surface area contributed by atoms with Gasteiger partial charge in [0.15, 0.2) is 0 Å². The Bertz CT molecular complexity index is 537. The van der Waals surface area contributed by atoms with Crippen molar-refractivity contribution in [2.24, 2.45) is 16.7 Å². The van der Waals surface area contributed by atoms with Gasteiger partial charge in [0.05, 0.1) is 0 Å². The molecule has 0 aromatic carbocycles. The molecule has 3 atom stereocenters.